The van der Waals surface area contributed by atoms with Gasteiger partial charge >= 0.3 is 6.09 Å². The van der Waals surface area contributed by atoms with Gasteiger partial charge in [0.2, 0.25) is 0 Å². The first kappa shape index (κ1) is 20.8. The number of carbonyl (C=O) groups is 2. The first-order valence-electron chi connectivity index (χ1n) is 9.77. The van der Waals surface area contributed by atoms with E-state index in [2.05, 4.69) is 10.3 Å². The van der Waals surface area contributed by atoms with Crippen LogP contribution in [0.25, 0.3) is 16.6 Å². The van der Waals surface area contributed by atoms with Crippen LogP contribution in [0.15, 0.2) is 53.7 Å². The van der Waals surface area contributed by atoms with Gasteiger partial charge in [-0.2, -0.15) is 0 Å². The van der Waals surface area contributed by atoms with Crippen molar-refractivity contribution in [2.45, 2.75) is 37.1 Å². The van der Waals surface area contributed by atoms with Crippen LogP contribution in [0.4, 0.5) is 4.79 Å². The number of benzene rings is 1. The highest BCUT2D eigenvalue weighted by molar-refractivity contribution is 7.90. The third kappa shape index (κ3) is 3.84. The first-order valence-corrected chi connectivity index (χ1v) is 11.2. The molecule has 0 bridgehead atoms. The molecule has 4 rings (SSSR count). The molecule has 0 saturated heterocycles. The van der Waals surface area contributed by atoms with E-state index < -0.39 is 16.1 Å². The zero-order valence-electron chi connectivity index (χ0n) is 16.8. The fourth-order valence-corrected chi connectivity index (χ4v) is 5.27. The number of amides is 1. The molecular weight excluding hydrogens is 418 g/mol. The third-order valence-electron chi connectivity index (χ3n) is 5.44. The molecule has 2 aromatic heterocycles. The summed E-state index contributed by atoms with van der Waals surface area (Å²) >= 11 is 0. The van der Waals surface area contributed by atoms with Crippen LogP contribution in [0.2, 0.25) is 0 Å². The van der Waals surface area contributed by atoms with Crippen LogP contribution in [0.1, 0.15) is 40.7 Å². The summed E-state index contributed by atoms with van der Waals surface area (Å²) in [7, 11) is -3.96. The smallest absolute Gasteiger partial charge is 0.404 e. The Kier molecular flexibility index (Phi) is 5.36. The number of nitrogens with one attached hydrogen (secondary N) is 1. The number of carbonyl (C=O) groups excluding carboxylic acids is 1. The topological polar surface area (TPSA) is 118 Å². The molecular formula is C22H21N3O5S. The molecule has 2 heterocycles. The molecule has 1 aliphatic rings. The Balaban J connectivity index is 1.85. The number of hydrogen-bond donors (Lipinski definition) is 2. The van der Waals surface area contributed by atoms with Gasteiger partial charge in [-0.25, -0.2) is 22.2 Å². The second-order valence-electron chi connectivity index (χ2n) is 7.53. The summed E-state index contributed by atoms with van der Waals surface area (Å²) in [6, 6.07) is 7.94. The summed E-state index contributed by atoms with van der Waals surface area (Å²) in [6.07, 6.45) is 6.10. The average molecular weight is 439 g/mol. The molecule has 8 nitrogen and oxygen atoms in total. The highest BCUT2D eigenvalue weighted by atomic mass is 32.2. The SMILES string of the molecule is Cc1ccc(S(=O)(=O)n2cc(C=O)c3c(C4=CCCC(NC(=O)O)C4)ccnc32)cc1. The van der Waals surface area contributed by atoms with Crippen molar-refractivity contribution in [3.8, 4) is 0 Å². The Hall–Kier alpha value is -3.46. The molecule has 1 aliphatic carbocycles. The summed E-state index contributed by atoms with van der Waals surface area (Å²) in [4.78, 5) is 27.2. The number of pyridine rings is 1. The van der Waals surface area contributed by atoms with Crippen molar-refractivity contribution in [3.63, 3.8) is 0 Å². The minimum Gasteiger partial charge on any atom is -0.465 e. The normalized spacial score (nSPS) is 16.7. The van der Waals surface area contributed by atoms with Gasteiger partial charge in [-0.1, -0.05) is 23.8 Å². The Morgan fingerprint density at radius 1 is 1.26 bits per heavy atom. The number of allylic oxidation sites excluding steroid dienone is 1. The lowest BCUT2D eigenvalue weighted by Gasteiger charge is -2.23. The number of fused-ring (bicyclic) bond motifs is 1. The van der Waals surface area contributed by atoms with Gasteiger partial charge in [-0.15, -0.1) is 0 Å². The first-order chi connectivity index (χ1) is 14.8. The molecule has 0 fully saturated rings. The van der Waals surface area contributed by atoms with Crippen LogP contribution < -0.4 is 5.32 Å². The number of carboxylic acid groups (broad SMARTS) is 1. The van der Waals surface area contributed by atoms with Crippen LogP contribution in [0.5, 0.6) is 0 Å². The fourth-order valence-electron chi connectivity index (χ4n) is 3.95. The van der Waals surface area contributed by atoms with Crippen molar-refractivity contribution in [1.29, 1.82) is 0 Å². The van der Waals surface area contributed by atoms with Gasteiger partial charge in [0.25, 0.3) is 10.0 Å². The molecule has 31 heavy (non-hydrogen) atoms. The molecule has 1 atom stereocenters. The molecule has 0 aliphatic heterocycles. The molecule has 0 spiro atoms. The Labute approximate surface area is 179 Å². The lowest BCUT2D eigenvalue weighted by molar-refractivity contribution is 0.112. The number of aryl methyl sites for hydroxylation is 1. The minimum absolute atomic E-state index is 0.0993. The Morgan fingerprint density at radius 2 is 2.00 bits per heavy atom. The van der Waals surface area contributed by atoms with E-state index in [-0.39, 0.29) is 22.1 Å². The highest BCUT2D eigenvalue weighted by Crippen LogP contribution is 2.34. The maximum absolute atomic E-state index is 13.3. The van der Waals surface area contributed by atoms with E-state index in [1.54, 1.807) is 18.2 Å². The van der Waals surface area contributed by atoms with E-state index in [9.17, 15) is 18.0 Å². The zero-order chi connectivity index (χ0) is 22.2. The van der Waals surface area contributed by atoms with Gasteiger partial charge in [-0.05, 0) is 55.5 Å². The number of hydrogen-bond acceptors (Lipinski definition) is 5. The number of aromatic nitrogens is 2. The van der Waals surface area contributed by atoms with Gasteiger partial charge in [-0.3, -0.25) is 4.79 Å². The summed E-state index contributed by atoms with van der Waals surface area (Å²) < 4.78 is 27.6. The monoisotopic (exact) mass is 439 g/mol. The number of rotatable bonds is 5. The van der Waals surface area contributed by atoms with Crippen molar-refractivity contribution in [2.24, 2.45) is 0 Å². The molecule has 2 N–H and O–H groups in total. The van der Waals surface area contributed by atoms with Crippen molar-refractivity contribution >= 4 is 39.0 Å². The van der Waals surface area contributed by atoms with Crippen LogP contribution in [-0.2, 0) is 10.0 Å². The largest absolute Gasteiger partial charge is 0.465 e. The molecule has 160 valence electrons. The quantitative estimate of drug-likeness (QED) is 0.587. The lowest BCUT2D eigenvalue weighted by atomic mass is 9.89. The standard InChI is InChI=1S/C22H21N3O5S/c1-14-5-7-18(8-6-14)31(29,30)25-12-16(13-26)20-19(9-10-23-21(20)25)15-3-2-4-17(11-15)24-22(27)28/h3,5-10,12-13,17,24H,2,4,11H2,1H3,(H,27,28). The van der Waals surface area contributed by atoms with Crippen LogP contribution in [0.3, 0.4) is 0 Å². The molecule has 1 aromatic carbocycles. The van der Waals surface area contributed by atoms with E-state index in [4.69, 9.17) is 5.11 Å². The van der Waals surface area contributed by atoms with Crippen LogP contribution >= 0.6 is 0 Å². The van der Waals surface area contributed by atoms with Crippen LogP contribution in [-0.4, -0.2) is 40.9 Å². The van der Waals surface area contributed by atoms with E-state index >= 15 is 0 Å². The molecule has 9 heteroatoms. The molecule has 3 aromatic rings. The second-order valence-corrected chi connectivity index (χ2v) is 9.35. The number of nitrogens with zero attached hydrogens (tertiary/aromatic N) is 2. The minimum atomic E-state index is -3.96. The van der Waals surface area contributed by atoms with E-state index in [0.717, 1.165) is 15.1 Å². The van der Waals surface area contributed by atoms with E-state index in [0.29, 0.717) is 36.5 Å². The average Bonchev–Trinajstić information content (AvgIpc) is 3.13. The molecule has 0 saturated carbocycles. The molecule has 1 unspecified atom stereocenters. The highest BCUT2D eigenvalue weighted by Gasteiger charge is 2.26. The van der Waals surface area contributed by atoms with Gasteiger partial charge in [0.05, 0.1) is 4.90 Å². The van der Waals surface area contributed by atoms with Crippen molar-refractivity contribution in [2.75, 3.05) is 0 Å². The Morgan fingerprint density at radius 3 is 2.68 bits per heavy atom. The van der Waals surface area contributed by atoms with Gasteiger partial charge in [0.15, 0.2) is 11.9 Å². The number of aldehydes is 1. The van der Waals surface area contributed by atoms with E-state index in [1.165, 1.54) is 24.5 Å². The van der Waals surface area contributed by atoms with Crippen LogP contribution in [0, 0.1) is 6.92 Å². The summed E-state index contributed by atoms with van der Waals surface area (Å²) in [5.41, 5.74) is 2.84. The van der Waals surface area contributed by atoms with Gasteiger partial charge in [0.1, 0.15) is 0 Å². The Bertz CT molecular complexity index is 1310. The maximum atomic E-state index is 13.3. The zero-order valence-corrected chi connectivity index (χ0v) is 17.6. The predicted molar refractivity (Wildman–Crippen MR) is 116 cm³/mol. The van der Waals surface area contributed by atoms with Crippen molar-refractivity contribution in [3.05, 3.63) is 65.5 Å². The lowest BCUT2D eigenvalue weighted by Crippen LogP contribution is -2.34. The second kappa shape index (κ2) is 7.99. The fraction of sp³-hybridized carbons (Fsp3) is 0.227. The summed E-state index contributed by atoms with van der Waals surface area (Å²) in [5.74, 6) is 0. The van der Waals surface area contributed by atoms with E-state index in [1.807, 2.05) is 13.0 Å². The van der Waals surface area contributed by atoms with Crippen molar-refractivity contribution < 1.29 is 23.1 Å². The molecule has 0 radical (unpaired) electrons. The van der Waals surface area contributed by atoms with Crippen molar-refractivity contribution in [1.82, 2.24) is 14.3 Å². The summed E-state index contributed by atoms with van der Waals surface area (Å²) in [5, 5.41) is 12.0. The maximum Gasteiger partial charge on any atom is 0.404 e. The van der Waals surface area contributed by atoms with Gasteiger partial charge < -0.3 is 10.4 Å². The third-order valence-corrected chi connectivity index (χ3v) is 7.10. The van der Waals surface area contributed by atoms with Gasteiger partial charge in [0, 0.05) is 29.4 Å². The summed E-state index contributed by atoms with van der Waals surface area (Å²) in [6.45, 7) is 1.87. The molecule has 1 amide bonds. The predicted octanol–water partition coefficient (Wildman–Crippen LogP) is 3.60.